The first-order chi connectivity index (χ1) is 8.09. The van der Waals surface area contributed by atoms with Crippen molar-refractivity contribution in [3.05, 3.63) is 0 Å². The van der Waals surface area contributed by atoms with E-state index >= 15 is 0 Å². The molecule has 2 aliphatic carbocycles. The Labute approximate surface area is 117 Å². The van der Waals surface area contributed by atoms with Crippen molar-refractivity contribution in [2.75, 3.05) is 6.54 Å². The van der Waals surface area contributed by atoms with Crippen molar-refractivity contribution in [2.45, 2.75) is 63.8 Å². The van der Waals surface area contributed by atoms with Gasteiger partial charge in [-0.2, -0.15) is 0 Å². The Morgan fingerprint density at radius 2 is 1.83 bits per heavy atom. The fourth-order valence-electron chi connectivity index (χ4n) is 3.37. The van der Waals surface area contributed by atoms with E-state index in [4.69, 9.17) is 5.73 Å². The summed E-state index contributed by atoms with van der Waals surface area (Å²) in [5.74, 6) is 0.936. The molecule has 2 fully saturated rings. The van der Waals surface area contributed by atoms with E-state index in [-0.39, 0.29) is 29.8 Å². The molecular weight excluding hydrogens is 248 g/mol. The van der Waals surface area contributed by atoms with Gasteiger partial charge in [-0.15, -0.1) is 12.4 Å². The number of rotatable bonds is 3. The number of hydrogen-bond acceptors (Lipinski definition) is 2. The molecule has 18 heavy (non-hydrogen) atoms. The molecule has 0 aromatic carbocycles. The third kappa shape index (κ3) is 3.86. The van der Waals surface area contributed by atoms with Gasteiger partial charge in [0.1, 0.15) is 0 Å². The van der Waals surface area contributed by atoms with Crippen LogP contribution in [0.25, 0.3) is 0 Å². The highest BCUT2D eigenvalue weighted by molar-refractivity contribution is 5.85. The normalized spacial score (nSPS) is 32.9. The Hall–Kier alpha value is -0.280. The second-order valence-corrected chi connectivity index (χ2v) is 6.20. The maximum absolute atomic E-state index is 12.2. The summed E-state index contributed by atoms with van der Waals surface area (Å²) in [6.07, 6.45) is 9.48. The van der Waals surface area contributed by atoms with Crippen LogP contribution in [0, 0.1) is 11.8 Å². The van der Waals surface area contributed by atoms with Crippen LogP contribution >= 0.6 is 12.4 Å². The smallest absolute Gasteiger partial charge is 0.224 e. The molecule has 2 rings (SSSR count). The standard InChI is InChI=1S/C14H26N2O.ClH/c1-14(15)9-5-4-8-12(14)13(17)16-10-11-6-2-3-7-11;/h11-12H,2-10,15H2,1H3,(H,16,17);1H. The van der Waals surface area contributed by atoms with Crippen LogP contribution in [0.15, 0.2) is 0 Å². The number of nitrogens with one attached hydrogen (secondary N) is 1. The minimum atomic E-state index is -0.294. The van der Waals surface area contributed by atoms with E-state index in [2.05, 4.69) is 5.32 Å². The quantitative estimate of drug-likeness (QED) is 0.831. The molecule has 2 saturated carbocycles. The van der Waals surface area contributed by atoms with Gasteiger partial charge >= 0.3 is 0 Å². The zero-order valence-electron chi connectivity index (χ0n) is 11.4. The second-order valence-electron chi connectivity index (χ2n) is 6.20. The van der Waals surface area contributed by atoms with Crippen molar-refractivity contribution < 1.29 is 4.79 Å². The van der Waals surface area contributed by atoms with Gasteiger partial charge < -0.3 is 11.1 Å². The molecule has 0 spiro atoms. The van der Waals surface area contributed by atoms with Crippen LogP contribution in [0.3, 0.4) is 0 Å². The maximum Gasteiger partial charge on any atom is 0.224 e. The lowest BCUT2D eigenvalue weighted by molar-refractivity contribution is -0.128. The summed E-state index contributed by atoms with van der Waals surface area (Å²) in [6.45, 7) is 2.90. The third-order valence-electron chi connectivity index (χ3n) is 4.61. The summed E-state index contributed by atoms with van der Waals surface area (Å²) in [5.41, 5.74) is 5.95. The topological polar surface area (TPSA) is 55.1 Å². The zero-order valence-corrected chi connectivity index (χ0v) is 12.2. The van der Waals surface area contributed by atoms with E-state index in [1.165, 1.54) is 32.1 Å². The van der Waals surface area contributed by atoms with E-state index in [9.17, 15) is 4.79 Å². The maximum atomic E-state index is 12.2. The molecule has 106 valence electrons. The molecule has 0 aliphatic heterocycles. The molecule has 0 saturated heterocycles. The molecule has 0 aromatic rings. The summed E-state index contributed by atoms with van der Waals surface area (Å²) in [5, 5.41) is 3.13. The number of nitrogens with two attached hydrogens (primary N) is 1. The van der Waals surface area contributed by atoms with Gasteiger partial charge in [-0.1, -0.05) is 25.7 Å². The average molecular weight is 275 g/mol. The second kappa shape index (κ2) is 6.76. The van der Waals surface area contributed by atoms with Crippen molar-refractivity contribution in [2.24, 2.45) is 17.6 Å². The van der Waals surface area contributed by atoms with Gasteiger partial charge in [-0.25, -0.2) is 0 Å². The molecule has 3 nitrogen and oxygen atoms in total. The van der Waals surface area contributed by atoms with Crippen LogP contribution < -0.4 is 11.1 Å². The first-order valence-corrected chi connectivity index (χ1v) is 7.16. The molecule has 0 heterocycles. The summed E-state index contributed by atoms with van der Waals surface area (Å²) in [7, 11) is 0. The van der Waals surface area contributed by atoms with Gasteiger partial charge in [-0.05, 0) is 38.5 Å². The number of halogens is 1. The van der Waals surface area contributed by atoms with Crippen LogP contribution in [0.5, 0.6) is 0 Å². The lowest BCUT2D eigenvalue weighted by Gasteiger charge is -2.37. The molecule has 0 bridgehead atoms. The number of carbonyl (C=O) groups excluding carboxylic acids is 1. The molecule has 2 aliphatic rings. The third-order valence-corrected chi connectivity index (χ3v) is 4.61. The van der Waals surface area contributed by atoms with Gasteiger partial charge in [0.2, 0.25) is 5.91 Å². The SMILES string of the molecule is CC1(N)CCCCC1C(=O)NCC1CCCC1.Cl. The van der Waals surface area contributed by atoms with Crippen LogP contribution in [0.4, 0.5) is 0 Å². The molecule has 0 radical (unpaired) electrons. The van der Waals surface area contributed by atoms with E-state index in [0.717, 1.165) is 25.8 Å². The monoisotopic (exact) mass is 274 g/mol. The molecule has 2 atom stereocenters. The fraction of sp³-hybridized carbons (Fsp3) is 0.929. The van der Waals surface area contributed by atoms with E-state index < -0.39 is 0 Å². The van der Waals surface area contributed by atoms with Gasteiger partial charge in [-0.3, -0.25) is 4.79 Å². The van der Waals surface area contributed by atoms with Crippen molar-refractivity contribution in [3.8, 4) is 0 Å². The molecular formula is C14H27ClN2O. The van der Waals surface area contributed by atoms with E-state index in [0.29, 0.717) is 5.92 Å². The Kier molecular flexibility index (Phi) is 5.93. The first kappa shape index (κ1) is 15.8. The lowest BCUT2D eigenvalue weighted by Crippen LogP contribution is -2.53. The van der Waals surface area contributed by atoms with Crippen molar-refractivity contribution in [1.29, 1.82) is 0 Å². The van der Waals surface area contributed by atoms with Gasteiger partial charge in [0.15, 0.2) is 0 Å². The van der Waals surface area contributed by atoms with Gasteiger partial charge in [0.05, 0.1) is 5.92 Å². The predicted octanol–water partition coefficient (Wildman–Crippen LogP) is 2.62. The number of carbonyl (C=O) groups is 1. The molecule has 4 heteroatoms. The zero-order chi connectivity index (χ0) is 12.3. The molecule has 0 aromatic heterocycles. The first-order valence-electron chi connectivity index (χ1n) is 7.16. The number of hydrogen-bond donors (Lipinski definition) is 2. The fourth-order valence-corrected chi connectivity index (χ4v) is 3.37. The molecule has 1 amide bonds. The average Bonchev–Trinajstić information content (AvgIpc) is 2.78. The van der Waals surface area contributed by atoms with Crippen molar-refractivity contribution in [1.82, 2.24) is 5.32 Å². The Balaban J connectivity index is 0.00000162. The van der Waals surface area contributed by atoms with Crippen LogP contribution in [-0.4, -0.2) is 18.0 Å². The summed E-state index contributed by atoms with van der Waals surface area (Å²) in [4.78, 5) is 12.2. The summed E-state index contributed by atoms with van der Waals surface area (Å²) < 4.78 is 0. The molecule has 2 unspecified atom stereocenters. The Morgan fingerprint density at radius 1 is 1.22 bits per heavy atom. The van der Waals surface area contributed by atoms with Gasteiger partial charge in [0.25, 0.3) is 0 Å². The Morgan fingerprint density at radius 3 is 2.44 bits per heavy atom. The largest absolute Gasteiger partial charge is 0.356 e. The van der Waals surface area contributed by atoms with E-state index in [1.807, 2.05) is 6.92 Å². The highest BCUT2D eigenvalue weighted by Gasteiger charge is 2.37. The summed E-state index contributed by atoms with van der Waals surface area (Å²) >= 11 is 0. The minimum absolute atomic E-state index is 0. The molecule has 3 N–H and O–H groups in total. The highest BCUT2D eigenvalue weighted by atomic mass is 35.5. The Bertz CT molecular complexity index is 275. The predicted molar refractivity (Wildman–Crippen MR) is 76.8 cm³/mol. The minimum Gasteiger partial charge on any atom is -0.356 e. The lowest BCUT2D eigenvalue weighted by atomic mass is 9.74. The van der Waals surface area contributed by atoms with Crippen molar-refractivity contribution in [3.63, 3.8) is 0 Å². The van der Waals surface area contributed by atoms with E-state index in [1.54, 1.807) is 0 Å². The number of amides is 1. The van der Waals surface area contributed by atoms with Crippen molar-refractivity contribution >= 4 is 18.3 Å². The summed E-state index contributed by atoms with van der Waals surface area (Å²) in [6, 6.07) is 0. The van der Waals surface area contributed by atoms with Gasteiger partial charge in [0, 0.05) is 12.1 Å². The van der Waals surface area contributed by atoms with Crippen LogP contribution in [-0.2, 0) is 4.79 Å². The van der Waals surface area contributed by atoms with Crippen LogP contribution in [0.2, 0.25) is 0 Å². The highest BCUT2D eigenvalue weighted by Crippen LogP contribution is 2.32. The van der Waals surface area contributed by atoms with Crippen LogP contribution in [0.1, 0.15) is 58.3 Å².